The highest BCUT2D eigenvalue weighted by Gasteiger charge is 2.60. The largest absolute Gasteiger partial charge is 0.434 e. The molecular formula is C22H24ClF6N3O3. The molecule has 0 spiro atoms. The molecule has 0 bridgehead atoms. The van der Waals surface area contributed by atoms with Gasteiger partial charge in [-0.2, -0.15) is 26.3 Å². The van der Waals surface area contributed by atoms with Gasteiger partial charge in [0.2, 0.25) is 0 Å². The van der Waals surface area contributed by atoms with Crippen LogP contribution in [-0.2, 0) is 16.0 Å². The third kappa shape index (κ3) is 7.32. The average Bonchev–Trinajstić information content (AvgIpc) is 3.25. The quantitative estimate of drug-likeness (QED) is 0.407. The Morgan fingerprint density at radius 3 is 2.37 bits per heavy atom. The number of alkyl halides is 6. The molecule has 1 amide bonds. The lowest BCUT2D eigenvalue weighted by Gasteiger charge is -2.36. The van der Waals surface area contributed by atoms with E-state index in [0.717, 1.165) is 29.1 Å². The lowest BCUT2D eigenvalue weighted by molar-refractivity contribution is -0.308. The number of terminal acetylenes is 1. The minimum absolute atomic E-state index is 0.00957. The number of nitrogens with zero attached hydrogens (tertiary/aromatic N) is 3. The van der Waals surface area contributed by atoms with Gasteiger partial charge in [-0.25, -0.2) is 4.79 Å². The molecule has 2 heterocycles. The van der Waals surface area contributed by atoms with E-state index in [0.29, 0.717) is 18.1 Å². The second kappa shape index (κ2) is 11.1. The molecular weight excluding hydrogens is 504 g/mol. The molecule has 1 aromatic rings. The zero-order valence-electron chi connectivity index (χ0n) is 18.5. The number of anilines is 1. The van der Waals surface area contributed by atoms with Gasteiger partial charge >= 0.3 is 18.4 Å². The van der Waals surface area contributed by atoms with Crippen LogP contribution in [0.15, 0.2) is 18.2 Å². The van der Waals surface area contributed by atoms with Gasteiger partial charge in [0.1, 0.15) is 6.61 Å². The Morgan fingerprint density at radius 1 is 1.11 bits per heavy atom. The first-order valence-corrected chi connectivity index (χ1v) is 11.2. The molecule has 6 nitrogen and oxygen atoms in total. The Kier molecular flexibility index (Phi) is 8.67. The zero-order valence-corrected chi connectivity index (χ0v) is 19.3. The number of rotatable bonds is 6. The number of carbonyl (C=O) groups excluding carboxylic acids is 1. The van der Waals surface area contributed by atoms with Crippen LogP contribution in [0.2, 0.25) is 5.02 Å². The van der Waals surface area contributed by atoms with E-state index in [1.165, 1.54) is 0 Å². The molecule has 0 unspecified atom stereocenters. The van der Waals surface area contributed by atoms with Crippen LogP contribution in [0.25, 0.3) is 0 Å². The Balaban J connectivity index is 1.59. The maximum absolute atomic E-state index is 12.7. The van der Waals surface area contributed by atoms with E-state index >= 15 is 0 Å². The minimum Gasteiger partial charge on any atom is -0.426 e. The summed E-state index contributed by atoms with van der Waals surface area (Å²) in [7, 11) is 0. The summed E-state index contributed by atoms with van der Waals surface area (Å²) in [5, 5.41) is 0.549. The summed E-state index contributed by atoms with van der Waals surface area (Å²) in [6, 6.07) is 5.44. The molecule has 2 aliphatic rings. The minimum atomic E-state index is -5.75. The van der Waals surface area contributed by atoms with E-state index in [1.54, 1.807) is 6.07 Å². The predicted octanol–water partition coefficient (Wildman–Crippen LogP) is 4.32. The lowest BCUT2D eigenvalue weighted by Crippen LogP contribution is -2.52. The van der Waals surface area contributed by atoms with Crippen molar-refractivity contribution in [2.24, 2.45) is 0 Å². The molecule has 0 N–H and O–H groups in total. The third-order valence-corrected chi connectivity index (χ3v) is 6.01. The first-order chi connectivity index (χ1) is 16.4. The Bertz CT molecular complexity index is 914. The van der Waals surface area contributed by atoms with Gasteiger partial charge in [-0.05, 0) is 24.1 Å². The van der Waals surface area contributed by atoms with Gasteiger partial charge in [0.05, 0.1) is 6.10 Å². The second-order valence-corrected chi connectivity index (χ2v) is 8.69. The zero-order chi connectivity index (χ0) is 25.8. The average molecular weight is 528 g/mol. The maximum atomic E-state index is 12.7. The van der Waals surface area contributed by atoms with E-state index in [9.17, 15) is 31.1 Å². The third-order valence-electron chi connectivity index (χ3n) is 5.77. The first-order valence-electron chi connectivity index (χ1n) is 10.8. The van der Waals surface area contributed by atoms with Crippen LogP contribution >= 0.6 is 11.6 Å². The number of hydrogen-bond acceptors (Lipinski definition) is 5. The summed E-state index contributed by atoms with van der Waals surface area (Å²) < 4.78 is 85.4. The van der Waals surface area contributed by atoms with Crippen molar-refractivity contribution >= 4 is 23.4 Å². The van der Waals surface area contributed by atoms with Crippen molar-refractivity contribution in [3.63, 3.8) is 0 Å². The molecule has 2 fully saturated rings. The molecule has 0 saturated carbocycles. The molecule has 1 atom stereocenters. The number of hydrogen-bond donors (Lipinski definition) is 0. The van der Waals surface area contributed by atoms with Gasteiger partial charge in [0.25, 0.3) is 6.10 Å². The predicted molar refractivity (Wildman–Crippen MR) is 116 cm³/mol. The summed E-state index contributed by atoms with van der Waals surface area (Å²) in [5.74, 6) is 2.44. The summed E-state index contributed by atoms with van der Waals surface area (Å²) in [6.45, 7) is 2.39. The standard InChI is InChI=1S/C22H24ClF6N3O3/c1-2-11-34-17-5-6-32(14-17)18-12-16(23)4-3-15(18)13-30-7-9-31(10-8-30)20(33)35-19(21(24,25)26)22(27,28)29/h1,3-4,12,17,19H,5-11,13-14H2/t17-/m0/s1. The van der Waals surface area contributed by atoms with Crippen molar-refractivity contribution in [1.82, 2.24) is 9.80 Å². The molecule has 2 saturated heterocycles. The van der Waals surface area contributed by atoms with Crippen molar-refractivity contribution in [3.05, 3.63) is 28.8 Å². The topological polar surface area (TPSA) is 45.2 Å². The van der Waals surface area contributed by atoms with E-state index in [4.69, 9.17) is 22.8 Å². The molecule has 1 aromatic carbocycles. The van der Waals surface area contributed by atoms with E-state index in [2.05, 4.69) is 15.6 Å². The molecule has 35 heavy (non-hydrogen) atoms. The molecule has 0 aromatic heterocycles. The van der Waals surface area contributed by atoms with Gasteiger partial charge in [-0.15, -0.1) is 6.42 Å². The van der Waals surface area contributed by atoms with E-state index in [-0.39, 0.29) is 38.9 Å². The van der Waals surface area contributed by atoms with Crippen LogP contribution in [0.4, 0.5) is 36.8 Å². The smallest absolute Gasteiger partial charge is 0.426 e. The maximum Gasteiger partial charge on any atom is 0.434 e. The van der Waals surface area contributed by atoms with Crippen LogP contribution in [-0.4, -0.2) is 86.3 Å². The van der Waals surface area contributed by atoms with Gasteiger partial charge in [-0.1, -0.05) is 23.6 Å². The highest BCUT2D eigenvalue weighted by Crippen LogP contribution is 2.36. The van der Waals surface area contributed by atoms with Crippen LogP contribution in [0.5, 0.6) is 0 Å². The summed E-state index contributed by atoms with van der Waals surface area (Å²) >= 11 is 6.20. The molecule has 0 aliphatic carbocycles. The number of amides is 1. The fourth-order valence-corrected chi connectivity index (χ4v) is 4.20. The first kappa shape index (κ1) is 27.2. The van der Waals surface area contributed by atoms with Crippen LogP contribution < -0.4 is 4.90 Å². The number of piperazine rings is 1. The normalized spacial score (nSPS) is 19.8. The number of ether oxygens (including phenoxy) is 2. The Labute approximate surface area is 203 Å². The second-order valence-electron chi connectivity index (χ2n) is 8.26. The van der Waals surface area contributed by atoms with Crippen LogP contribution in [0.3, 0.4) is 0 Å². The van der Waals surface area contributed by atoms with Crippen LogP contribution in [0.1, 0.15) is 12.0 Å². The van der Waals surface area contributed by atoms with Crippen molar-refractivity contribution in [2.45, 2.75) is 37.5 Å². The van der Waals surface area contributed by atoms with Crippen molar-refractivity contribution in [3.8, 4) is 12.3 Å². The van der Waals surface area contributed by atoms with Crippen molar-refractivity contribution in [1.29, 1.82) is 0 Å². The van der Waals surface area contributed by atoms with E-state index < -0.39 is 24.5 Å². The fraction of sp³-hybridized carbons (Fsp3) is 0.591. The number of halogens is 7. The molecule has 3 rings (SSSR count). The van der Waals surface area contributed by atoms with Crippen molar-refractivity contribution in [2.75, 3.05) is 50.8 Å². The van der Waals surface area contributed by atoms with E-state index in [1.807, 2.05) is 17.0 Å². The van der Waals surface area contributed by atoms with Gasteiger partial charge in [0.15, 0.2) is 0 Å². The molecule has 13 heteroatoms. The summed E-state index contributed by atoms with van der Waals surface area (Å²) in [6.07, 6.45) is -11.3. The summed E-state index contributed by atoms with van der Waals surface area (Å²) in [5.41, 5.74) is 1.85. The lowest BCUT2D eigenvalue weighted by atomic mass is 10.1. The highest BCUT2D eigenvalue weighted by molar-refractivity contribution is 6.30. The number of benzene rings is 1. The van der Waals surface area contributed by atoms with Crippen LogP contribution in [0, 0.1) is 12.3 Å². The van der Waals surface area contributed by atoms with Gasteiger partial charge in [-0.3, -0.25) is 4.90 Å². The monoisotopic (exact) mass is 527 g/mol. The Morgan fingerprint density at radius 2 is 1.77 bits per heavy atom. The number of carbonyl (C=O) groups is 1. The van der Waals surface area contributed by atoms with Gasteiger partial charge in [0, 0.05) is 56.5 Å². The van der Waals surface area contributed by atoms with Gasteiger partial charge < -0.3 is 19.3 Å². The fourth-order valence-electron chi connectivity index (χ4n) is 4.04. The molecule has 2 aliphatic heterocycles. The summed E-state index contributed by atoms with van der Waals surface area (Å²) in [4.78, 5) is 16.9. The molecule has 0 radical (unpaired) electrons. The van der Waals surface area contributed by atoms with Crippen molar-refractivity contribution < 1.29 is 40.6 Å². The Hall–Kier alpha value is -2.36. The molecule has 194 valence electrons. The SMILES string of the molecule is C#CCO[C@H]1CCN(c2cc(Cl)ccc2CN2CCN(C(=O)OC(C(F)(F)F)C(F)(F)F)CC2)C1. The highest BCUT2D eigenvalue weighted by atomic mass is 35.5.